The lowest BCUT2D eigenvalue weighted by Crippen LogP contribution is -2.61. The van der Waals surface area contributed by atoms with Gasteiger partial charge in [-0.2, -0.15) is 8.42 Å². The molecule has 18 N–H and O–H groups in total. The van der Waals surface area contributed by atoms with Crippen molar-refractivity contribution in [3.8, 4) is 17.2 Å². The summed E-state index contributed by atoms with van der Waals surface area (Å²) in [6.45, 7) is 17.2. The number of ether oxygens (including phenoxy) is 2. The Kier molecular flexibility index (Phi) is 33.4. The second-order valence-corrected chi connectivity index (χ2v) is 39.2. The van der Waals surface area contributed by atoms with Crippen molar-refractivity contribution < 1.29 is 79.6 Å². The van der Waals surface area contributed by atoms with Crippen LogP contribution in [-0.4, -0.2) is 190 Å². The number of benzene rings is 7. The average molecular weight is 1930 g/mol. The zero-order chi connectivity index (χ0) is 100. The van der Waals surface area contributed by atoms with E-state index < -0.39 is 172 Å². The van der Waals surface area contributed by atoms with Crippen molar-refractivity contribution in [2.75, 3.05) is 19.6 Å². The number of primary amides is 1. The predicted molar refractivity (Wildman–Crippen MR) is 526 cm³/mol. The first kappa shape index (κ1) is 102. The Bertz CT molecular complexity index is 6220. The summed E-state index contributed by atoms with van der Waals surface area (Å²) in [6, 6.07) is 36.8. The van der Waals surface area contributed by atoms with Gasteiger partial charge in [-0.05, 0) is 181 Å². The van der Waals surface area contributed by atoms with Crippen LogP contribution in [0.1, 0.15) is 174 Å². The number of hydrogen-bond donors (Lipinski definition) is 17. The molecule has 3 aliphatic rings. The fraction of sp³-hybridized carbons (Fsp3) is 0.398. The van der Waals surface area contributed by atoms with E-state index in [1.54, 1.807) is 102 Å². The lowest BCUT2D eigenvalue weighted by atomic mass is 9.76. The molecule has 37 heteroatoms. The van der Waals surface area contributed by atoms with Crippen molar-refractivity contribution >= 4 is 109 Å². The Morgan fingerprint density at radius 3 is 1.76 bits per heavy atom. The first-order valence-corrected chi connectivity index (χ1v) is 48.7. The summed E-state index contributed by atoms with van der Waals surface area (Å²) in [4.78, 5) is 190. The third-order valence-electron chi connectivity index (χ3n) is 25.2. The Labute approximate surface area is 812 Å². The van der Waals surface area contributed by atoms with Crippen LogP contribution in [0.4, 0.5) is 0 Å². The predicted octanol–water partition coefficient (Wildman–Crippen LogP) is 6.88. The third kappa shape index (κ3) is 26.3. The van der Waals surface area contributed by atoms with Gasteiger partial charge in [0.1, 0.15) is 82.6 Å². The maximum Gasteiger partial charge on any atom is 0.409 e. The summed E-state index contributed by atoms with van der Waals surface area (Å²) in [5, 5.41) is 43.6. The molecule has 0 radical (unpaired) electrons. The number of H-pyrrole nitrogens is 2. The quantitative estimate of drug-likeness (QED) is 0.00911. The fourth-order valence-corrected chi connectivity index (χ4v) is 19.0. The summed E-state index contributed by atoms with van der Waals surface area (Å²) in [7, 11) is -4.73. The van der Waals surface area contributed by atoms with Crippen molar-refractivity contribution in [3.05, 3.63) is 250 Å². The molecule has 0 aliphatic carbocycles. The molecule has 140 heavy (non-hydrogen) atoms. The fourth-order valence-electron chi connectivity index (χ4n) is 18.1. The third-order valence-corrected chi connectivity index (χ3v) is 26.0. The zero-order valence-corrected chi connectivity index (χ0v) is 81.0. The van der Waals surface area contributed by atoms with Crippen LogP contribution in [0.2, 0.25) is 0 Å². The number of hydrogen-bond acceptors (Lipinski definition) is 19. The maximum absolute atomic E-state index is 16.2. The number of rotatable bonds is 31. The SMILES string of the molecule is Cc1c(C)c2c(c(C)c1OS(=O)(=O)NC(=N)NCCC[C@@H]1NC(=O)[C@H](CC(C)C)NC(=O)[C@@H](Cc3c[nH]c4ccccc34)NC(=O)[C@H](Cc3ccc(OC(C)(C)C)cc3)NC(=O)[C@@H](NC(=O)[C@H](Cc3c[nH]c4ccccc34)NC(=O)[C@H](Cc3cncn3C(c3ccccc3)(c3ccccc3)c3ccccc3)NC(=O)[C@@H]3CCC(=O)N3)CCCCNC(=O)CC[C@@H](C(=O)NCC(N)=O)NC1=O)CC(C)(C)O2. The molecule has 36 nitrogen and oxygen atoms in total. The molecule has 740 valence electrons. The van der Waals surface area contributed by atoms with Gasteiger partial charge in [0.2, 0.25) is 76.8 Å². The highest BCUT2D eigenvalue weighted by Gasteiger charge is 2.44. The lowest BCUT2D eigenvalue weighted by molar-refractivity contribution is -0.136. The van der Waals surface area contributed by atoms with Crippen molar-refractivity contribution in [1.82, 2.24) is 88.0 Å². The van der Waals surface area contributed by atoms with E-state index in [1.807, 2.05) is 161 Å². The van der Waals surface area contributed by atoms with Crippen molar-refractivity contribution in [1.29, 1.82) is 5.41 Å². The molecule has 6 heterocycles. The number of fused-ring (bicyclic) bond motifs is 3. The number of nitrogens with two attached hydrogens (primary N) is 1. The number of nitrogens with zero attached hydrogens (tertiary/aromatic N) is 2. The number of carbonyl (C=O) groups is 12. The summed E-state index contributed by atoms with van der Waals surface area (Å²) in [6.07, 6.45) is 4.84. The van der Waals surface area contributed by atoms with Crippen LogP contribution in [0, 0.1) is 32.1 Å². The lowest BCUT2D eigenvalue weighted by Gasteiger charge is -2.39. The van der Waals surface area contributed by atoms with Crippen LogP contribution >= 0.6 is 0 Å². The normalized spacial score (nSPS) is 19.2. The van der Waals surface area contributed by atoms with E-state index in [2.05, 4.69) is 78.5 Å². The highest BCUT2D eigenvalue weighted by atomic mass is 32.2. The van der Waals surface area contributed by atoms with Crippen molar-refractivity contribution in [3.63, 3.8) is 0 Å². The number of aromatic amines is 2. The van der Waals surface area contributed by atoms with Crippen LogP contribution in [0.3, 0.4) is 0 Å². The molecule has 2 fully saturated rings. The molecular weight excluding hydrogens is 1810 g/mol. The Morgan fingerprint density at radius 1 is 0.600 bits per heavy atom. The van der Waals surface area contributed by atoms with Crippen molar-refractivity contribution in [2.24, 2.45) is 11.7 Å². The molecule has 3 aliphatic heterocycles. The molecule has 12 amide bonds. The molecule has 0 unspecified atom stereocenters. The minimum absolute atomic E-state index is 0.0397. The smallest absolute Gasteiger partial charge is 0.409 e. The standard InChI is InChI=1S/C103H125N19O17S/c1-60(2)49-81-95(130)114-78(38-26-48-108-100(105)121-140(135,136)139-89-61(3)62(4)90-74(63(89)5)54-102(9,10)138-90)92(127)115-79(91(126)111-58-86(104)123)43-45-87(124)107-47-25-24-37-77(93(128)117-82(50-64-39-41-71(42-40-64)137-101(6,7)8)96(131)118-84(98(133)116-81)52-66-56-110-76-36-23-21-34-73(66)76)113-97(132)83(51-65-55-109-75-35-22-20-33-72(65)75)119-99(134)85(120-94(129)80-44-46-88(125)112-80)53-70-57-106-59-122(70)103(67-27-14-11-15-28-67,68-29-16-12-17-30-68)69-31-18-13-19-32-69/h11-23,27-36,39-42,55-57,59-60,77-85,109-110H,24-26,37-38,43-54,58H2,1-10H3,(H2,104,123)(H,107,124)(H,111,126)(H,112,125)(H,113,132)(H,114,130)(H,115,127)(H,116,133)(H,117,128)(H,118,131)(H,119,134)(H,120,129)(H3,105,108,121)/t77-,78-,79-,80-,81-,82-,83-,84+,85-/m0/s1. The minimum atomic E-state index is -4.73. The van der Waals surface area contributed by atoms with E-state index in [9.17, 15) is 32.4 Å². The first-order valence-electron chi connectivity index (χ1n) is 47.3. The number of imidazole rings is 1. The molecule has 13 rings (SSSR count). The van der Waals surface area contributed by atoms with Crippen LogP contribution < -0.4 is 87.9 Å². The molecule has 0 spiro atoms. The number of aromatic nitrogens is 4. The molecule has 3 aromatic heterocycles. The van der Waals surface area contributed by atoms with Gasteiger partial charge in [0.25, 0.3) is 0 Å². The van der Waals surface area contributed by atoms with Crippen LogP contribution in [0.15, 0.2) is 189 Å². The Balaban J connectivity index is 0.834. The van der Waals surface area contributed by atoms with Crippen LogP contribution in [0.25, 0.3) is 21.8 Å². The van der Waals surface area contributed by atoms with Gasteiger partial charge in [-0.1, -0.05) is 153 Å². The number of amides is 12. The minimum Gasteiger partial charge on any atom is -0.488 e. The van der Waals surface area contributed by atoms with Gasteiger partial charge in [0.05, 0.1) is 12.9 Å². The number of para-hydroxylation sites is 2. The topological polar surface area (TPSA) is 522 Å². The summed E-state index contributed by atoms with van der Waals surface area (Å²) in [5.74, 6) is -9.95. The molecule has 0 bridgehead atoms. The van der Waals surface area contributed by atoms with Gasteiger partial charge in [0.15, 0.2) is 5.75 Å². The largest absolute Gasteiger partial charge is 0.488 e. The van der Waals surface area contributed by atoms with E-state index in [-0.39, 0.29) is 108 Å². The zero-order valence-electron chi connectivity index (χ0n) is 80.2. The van der Waals surface area contributed by atoms with Gasteiger partial charge in [-0.3, -0.25) is 62.9 Å². The number of guanidine groups is 1. The summed E-state index contributed by atoms with van der Waals surface area (Å²) < 4.78 is 49.5. The van der Waals surface area contributed by atoms with E-state index in [1.165, 1.54) is 0 Å². The van der Waals surface area contributed by atoms with Gasteiger partial charge < -0.3 is 97.7 Å². The molecule has 9 atom stereocenters. The Hall–Kier alpha value is -14.9. The highest BCUT2D eigenvalue weighted by Crippen LogP contribution is 2.46. The molecule has 10 aromatic rings. The van der Waals surface area contributed by atoms with E-state index in [0.717, 1.165) is 22.3 Å². The average Bonchev–Trinajstić information content (AvgIpc) is 1.33. The second-order valence-electron chi connectivity index (χ2n) is 37.9. The van der Waals surface area contributed by atoms with Crippen LogP contribution in [-0.2, 0) is 105 Å². The van der Waals surface area contributed by atoms with Gasteiger partial charge >= 0.3 is 10.3 Å². The molecule has 7 aromatic carbocycles. The van der Waals surface area contributed by atoms with Gasteiger partial charge in [-0.25, -0.2) is 9.71 Å². The summed E-state index contributed by atoms with van der Waals surface area (Å²) in [5.41, 5.74) is 11.4. The van der Waals surface area contributed by atoms with Crippen LogP contribution in [0.5, 0.6) is 17.2 Å². The maximum atomic E-state index is 16.2. The highest BCUT2D eigenvalue weighted by molar-refractivity contribution is 7.85. The number of carbonyl (C=O) groups excluding carboxylic acids is 12. The second kappa shape index (κ2) is 45.6. The van der Waals surface area contributed by atoms with Crippen molar-refractivity contribution in [2.45, 2.75) is 237 Å². The number of nitrogens with one attached hydrogen (secondary N) is 16. The molecular formula is C103H125N19O17S. The first-order chi connectivity index (χ1) is 66.8. The Morgan fingerprint density at radius 2 is 1.15 bits per heavy atom. The van der Waals surface area contributed by atoms with Gasteiger partial charge in [-0.15, -0.1) is 0 Å². The van der Waals surface area contributed by atoms with E-state index >= 15 is 33.6 Å². The van der Waals surface area contributed by atoms with E-state index in [0.29, 0.717) is 78.8 Å². The van der Waals surface area contributed by atoms with E-state index in [4.69, 9.17) is 29.8 Å². The van der Waals surface area contributed by atoms with Gasteiger partial charge in [0, 0.05) is 115 Å². The molecule has 2 saturated heterocycles. The summed E-state index contributed by atoms with van der Waals surface area (Å²) >= 11 is 0. The monoisotopic (exact) mass is 1930 g/mol. The molecule has 0 saturated carbocycles.